The molecule has 0 aromatic heterocycles. The molecule has 0 aromatic carbocycles. The van der Waals surface area contributed by atoms with Crippen molar-refractivity contribution in [1.29, 1.82) is 0 Å². The molecule has 0 saturated carbocycles. The van der Waals surface area contributed by atoms with Crippen LogP contribution >= 0.6 is 11.6 Å². The molecule has 1 rings (SSSR count). The predicted molar refractivity (Wildman–Crippen MR) is 53.0 cm³/mol. The smallest absolute Gasteiger partial charge is 0.367 e. The van der Waals surface area contributed by atoms with Crippen LogP contribution in [0.3, 0.4) is 0 Å². The molecule has 0 amide bonds. The molecule has 3 heteroatoms. The Hall–Kier alpha value is 0.375. The second kappa shape index (κ2) is 3.40. The van der Waals surface area contributed by atoms with Crippen LogP contribution in [-0.4, -0.2) is 18.6 Å². The van der Waals surface area contributed by atoms with Gasteiger partial charge in [-0.2, -0.15) is 11.6 Å². The summed E-state index contributed by atoms with van der Waals surface area (Å²) in [5.74, 6) is 1.86. The fraction of sp³-hybridized carbons (Fsp3) is 1.00. The first-order valence-corrected chi connectivity index (χ1v) is 5.33. The second-order valence-corrected chi connectivity index (χ2v) is 5.22. The van der Waals surface area contributed by atoms with E-state index in [4.69, 9.17) is 4.65 Å². The third-order valence-electron chi connectivity index (χ3n) is 2.72. The van der Waals surface area contributed by atoms with E-state index in [0.717, 1.165) is 6.61 Å². The van der Waals surface area contributed by atoms with Crippen molar-refractivity contribution in [2.24, 2.45) is 5.92 Å². The minimum Gasteiger partial charge on any atom is -0.424 e. The summed E-state index contributed by atoms with van der Waals surface area (Å²) >= 11 is 1.96. The molecule has 0 bridgehead atoms. The van der Waals surface area contributed by atoms with Crippen molar-refractivity contribution in [3.8, 4) is 0 Å². The van der Waals surface area contributed by atoms with E-state index in [2.05, 4.69) is 27.7 Å². The van der Waals surface area contributed by atoms with Crippen molar-refractivity contribution >= 4 is 17.8 Å². The second-order valence-electron chi connectivity index (χ2n) is 4.05. The summed E-state index contributed by atoms with van der Waals surface area (Å²) in [6, 6.07) is 0. The van der Waals surface area contributed by atoms with E-state index in [0.29, 0.717) is 17.4 Å². The van der Waals surface area contributed by atoms with Crippen LogP contribution in [0.5, 0.6) is 0 Å². The zero-order chi connectivity index (χ0) is 8.48. The van der Waals surface area contributed by atoms with Crippen LogP contribution in [0.15, 0.2) is 0 Å². The van der Waals surface area contributed by atoms with Crippen LogP contribution in [0.25, 0.3) is 0 Å². The van der Waals surface area contributed by atoms with Gasteiger partial charge in [0.1, 0.15) is 0 Å². The normalized spacial score (nSPS) is 19.9. The Labute approximate surface area is 74.3 Å². The van der Waals surface area contributed by atoms with E-state index in [9.17, 15) is 0 Å². The first-order chi connectivity index (χ1) is 5.05. The molecular weight excluding hydrogens is 155 g/mol. The van der Waals surface area contributed by atoms with Gasteiger partial charge in [0, 0.05) is 12.4 Å². The summed E-state index contributed by atoms with van der Waals surface area (Å²) in [7, 11) is 0. The van der Waals surface area contributed by atoms with Crippen LogP contribution in [0.2, 0.25) is 5.31 Å². The van der Waals surface area contributed by atoms with Gasteiger partial charge in [0.15, 0.2) is 0 Å². The molecule has 0 unspecified atom stereocenters. The van der Waals surface area contributed by atoms with Crippen molar-refractivity contribution in [1.82, 2.24) is 0 Å². The minimum absolute atomic E-state index is 0.321. The first-order valence-electron chi connectivity index (χ1n) is 4.28. The maximum absolute atomic E-state index is 5.64. The minimum atomic E-state index is 0.321. The Balaban J connectivity index is 2.55. The monoisotopic (exact) mass is 172 g/mol. The van der Waals surface area contributed by atoms with E-state index in [-0.39, 0.29) is 0 Å². The molecule has 0 radical (unpaired) electrons. The maximum atomic E-state index is 5.64. The molecule has 0 aromatic rings. The van der Waals surface area contributed by atoms with Gasteiger partial charge in [-0.25, -0.2) is 0 Å². The molecule has 64 valence electrons. The van der Waals surface area contributed by atoms with E-state index in [1.165, 1.54) is 5.75 Å². The summed E-state index contributed by atoms with van der Waals surface area (Å²) in [5.41, 5.74) is 0. The highest BCUT2D eigenvalue weighted by Crippen LogP contribution is 2.43. The molecule has 1 aliphatic heterocycles. The molecule has 0 atom stereocenters. The van der Waals surface area contributed by atoms with Gasteiger partial charge in [0.2, 0.25) is 0 Å². The van der Waals surface area contributed by atoms with Crippen LogP contribution in [0.4, 0.5) is 0 Å². The predicted octanol–water partition coefficient (Wildman–Crippen LogP) is 2.67. The van der Waals surface area contributed by atoms with Gasteiger partial charge >= 0.3 is 6.19 Å². The average molecular weight is 172 g/mol. The third kappa shape index (κ3) is 1.94. The molecule has 1 nitrogen and oxygen atoms in total. The largest absolute Gasteiger partial charge is 0.424 e. The van der Waals surface area contributed by atoms with Crippen molar-refractivity contribution in [2.75, 3.05) is 12.4 Å². The molecule has 0 aliphatic carbocycles. The summed E-state index contributed by atoms with van der Waals surface area (Å²) < 4.78 is 5.64. The molecule has 1 saturated heterocycles. The lowest BCUT2D eigenvalue weighted by Gasteiger charge is -2.31. The lowest BCUT2D eigenvalue weighted by Crippen LogP contribution is -2.29. The van der Waals surface area contributed by atoms with E-state index in [1.54, 1.807) is 0 Å². The van der Waals surface area contributed by atoms with Crippen molar-refractivity contribution < 1.29 is 4.65 Å². The van der Waals surface area contributed by atoms with Crippen LogP contribution in [0.1, 0.15) is 27.7 Å². The Morgan fingerprint density at radius 3 is 2.45 bits per heavy atom. The van der Waals surface area contributed by atoms with Gasteiger partial charge in [0.25, 0.3) is 0 Å². The summed E-state index contributed by atoms with van der Waals surface area (Å²) in [4.78, 5) is 0. The fourth-order valence-electron chi connectivity index (χ4n) is 1.06. The number of hydrogen-bond acceptors (Lipinski definition) is 2. The van der Waals surface area contributed by atoms with E-state index in [1.807, 2.05) is 11.6 Å². The lowest BCUT2D eigenvalue weighted by atomic mass is 9.58. The third-order valence-corrected chi connectivity index (χ3v) is 4.17. The number of rotatable bonds is 2. The topological polar surface area (TPSA) is 9.23 Å². The highest BCUT2D eigenvalue weighted by molar-refractivity contribution is 8.25. The van der Waals surface area contributed by atoms with Gasteiger partial charge in [-0.05, 0) is 11.2 Å². The Morgan fingerprint density at radius 1 is 1.45 bits per heavy atom. The fourth-order valence-corrected chi connectivity index (χ4v) is 2.36. The molecule has 0 spiro atoms. The highest BCUT2D eigenvalue weighted by Gasteiger charge is 2.40. The van der Waals surface area contributed by atoms with Gasteiger partial charge in [-0.15, -0.1) is 0 Å². The standard InChI is InChI=1S/C8H17BOS/c1-7(2)8(3,4)9-10-5-6-11-9/h7H,5-6H2,1-4H3. The Kier molecular flexibility index (Phi) is 2.93. The van der Waals surface area contributed by atoms with Crippen LogP contribution in [0, 0.1) is 5.92 Å². The summed E-state index contributed by atoms with van der Waals surface area (Å²) in [6.45, 7) is 10.1. The van der Waals surface area contributed by atoms with Gasteiger partial charge in [0.05, 0.1) is 0 Å². The molecule has 1 fully saturated rings. The molecule has 0 N–H and O–H groups in total. The molecular formula is C8H17BOS. The van der Waals surface area contributed by atoms with Gasteiger partial charge in [-0.1, -0.05) is 27.7 Å². The van der Waals surface area contributed by atoms with Crippen molar-refractivity contribution in [3.63, 3.8) is 0 Å². The molecule has 1 heterocycles. The van der Waals surface area contributed by atoms with Gasteiger partial charge in [-0.3, -0.25) is 0 Å². The number of hydrogen-bond donors (Lipinski definition) is 0. The maximum Gasteiger partial charge on any atom is 0.367 e. The summed E-state index contributed by atoms with van der Waals surface area (Å²) in [5, 5.41) is 0.321. The Morgan fingerprint density at radius 2 is 2.09 bits per heavy atom. The van der Waals surface area contributed by atoms with Gasteiger partial charge < -0.3 is 4.65 Å². The van der Waals surface area contributed by atoms with Crippen LogP contribution < -0.4 is 0 Å². The molecule has 1 aliphatic rings. The molecule has 11 heavy (non-hydrogen) atoms. The van der Waals surface area contributed by atoms with Crippen LogP contribution in [-0.2, 0) is 4.65 Å². The van der Waals surface area contributed by atoms with Crippen molar-refractivity contribution in [2.45, 2.75) is 33.0 Å². The van der Waals surface area contributed by atoms with Crippen molar-refractivity contribution in [3.05, 3.63) is 0 Å². The summed E-state index contributed by atoms with van der Waals surface area (Å²) in [6.07, 6.45) is 0.419. The Bertz CT molecular complexity index is 130. The first kappa shape index (κ1) is 9.46. The lowest BCUT2D eigenvalue weighted by molar-refractivity contribution is 0.325. The van der Waals surface area contributed by atoms with E-state index >= 15 is 0 Å². The van der Waals surface area contributed by atoms with E-state index < -0.39 is 0 Å². The highest BCUT2D eigenvalue weighted by atomic mass is 32.2. The SMILES string of the molecule is CC(C)C(C)(C)B1OCCS1. The average Bonchev–Trinajstić information content (AvgIpc) is 2.37. The quantitative estimate of drug-likeness (QED) is 0.592. The zero-order valence-corrected chi connectivity index (χ0v) is 8.70. The zero-order valence-electron chi connectivity index (χ0n) is 7.89.